The van der Waals surface area contributed by atoms with E-state index in [1.807, 2.05) is 5.32 Å². The minimum Gasteiger partial charge on any atom is -0.440 e. The molecule has 8 heteroatoms. The Balaban J connectivity index is 4.28. The van der Waals surface area contributed by atoms with Gasteiger partial charge in [0, 0.05) is 0 Å². The number of carbonyl (C=O) groups excluding carboxylic acids is 2. The molecule has 0 aromatic heterocycles. The number of nitrogens with one attached hydrogen (secondary N) is 1. The van der Waals surface area contributed by atoms with Crippen molar-refractivity contribution in [3.63, 3.8) is 0 Å². The molecule has 0 fully saturated rings. The van der Waals surface area contributed by atoms with Gasteiger partial charge in [-0.2, -0.15) is 13.2 Å². The molecule has 3 N–H and O–H groups in total. The lowest BCUT2D eigenvalue weighted by Crippen LogP contribution is -2.48. The van der Waals surface area contributed by atoms with Crippen molar-refractivity contribution in [3.8, 4) is 0 Å². The first-order valence-corrected chi connectivity index (χ1v) is 4.96. The standard InChI is InChI=1S/C9H15F3N2O3/c1-3-5(2)6(7(13)15)14-8(16)17-4-9(10,11)12/h5-6H,3-4H2,1-2H3,(H2,13,15)(H,14,16)/t5-,6?/m0/s1. The highest BCUT2D eigenvalue weighted by atomic mass is 19.4. The van der Waals surface area contributed by atoms with Crippen LogP contribution in [0.25, 0.3) is 0 Å². The number of primary amides is 1. The van der Waals surface area contributed by atoms with Crippen LogP contribution in [-0.4, -0.2) is 30.8 Å². The Kier molecular flexibility index (Phi) is 5.77. The van der Waals surface area contributed by atoms with Crippen LogP contribution < -0.4 is 11.1 Å². The molecule has 0 aromatic rings. The molecule has 0 aliphatic rings. The Bertz CT molecular complexity index is 281. The Morgan fingerprint density at radius 2 is 1.94 bits per heavy atom. The number of alkyl halides is 3. The van der Waals surface area contributed by atoms with Gasteiger partial charge in [0.15, 0.2) is 6.61 Å². The maximum absolute atomic E-state index is 11.7. The Morgan fingerprint density at radius 1 is 1.41 bits per heavy atom. The number of ether oxygens (including phenoxy) is 1. The highest BCUT2D eigenvalue weighted by Crippen LogP contribution is 2.14. The molecule has 0 aromatic carbocycles. The van der Waals surface area contributed by atoms with Gasteiger partial charge in [0.05, 0.1) is 0 Å². The number of nitrogens with two attached hydrogens (primary N) is 1. The van der Waals surface area contributed by atoms with Gasteiger partial charge < -0.3 is 15.8 Å². The summed E-state index contributed by atoms with van der Waals surface area (Å²) < 4.78 is 39.1. The Labute approximate surface area is 96.5 Å². The number of hydrogen-bond donors (Lipinski definition) is 2. The molecule has 0 saturated carbocycles. The summed E-state index contributed by atoms with van der Waals surface area (Å²) in [4.78, 5) is 22.0. The third-order valence-electron chi connectivity index (χ3n) is 2.16. The molecule has 5 nitrogen and oxygen atoms in total. The zero-order valence-corrected chi connectivity index (χ0v) is 9.50. The first-order chi connectivity index (χ1) is 7.67. The fourth-order valence-corrected chi connectivity index (χ4v) is 1.05. The average molecular weight is 256 g/mol. The van der Waals surface area contributed by atoms with Crippen molar-refractivity contribution in [2.24, 2.45) is 11.7 Å². The van der Waals surface area contributed by atoms with Crippen LogP contribution in [0.2, 0.25) is 0 Å². The van der Waals surface area contributed by atoms with Gasteiger partial charge in [0.1, 0.15) is 6.04 Å². The zero-order chi connectivity index (χ0) is 13.6. The van der Waals surface area contributed by atoms with E-state index in [1.54, 1.807) is 13.8 Å². The molecule has 2 atom stereocenters. The van der Waals surface area contributed by atoms with Crippen molar-refractivity contribution in [1.29, 1.82) is 0 Å². The molecule has 17 heavy (non-hydrogen) atoms. The van der Waals surface area contributed by atoms with Crippen molar-refractivity contribution in [2.45, 2.75) is 32.5 Å². The first kappa shape index (κ1) is 15.5. The van der Waals surface area contributed by atoms with Crippen molar-refractivity contribution in [3.05, 3.63) is 0 Å². The summed E-state index contributed by atoms with van der Waals surface area (Å²) in [6.45, 7) is 1.69. The molecule has 0 aliphatic heterocycles. The number of rotatable bonds is 5. The summed E-state index contributed by atoms with van der Waals surface area (Å²) in [5.74, 6) is -1.10. The number of hydrogen-bond acceptors (Lipinski definition) is 3. The molecule has 0 rings (SSSR count). The zero-order valence-electron chi connectivity index (χ0n) is 9.50. The Hall–Kier alpha value is -1.47. The predicted molar refractivity (Wildman–Crippen MR) is 53.0 cm³/mol. The molecule has 2 amide bonds. The topological polar surface area (TPSA) is 81.4 Å². The normalized spacial score (nSPS) is 14.9. The van der Waals surface area contributed by atoms with Crippen LogP contribution in [0, 0.1) is 5.92 Å². The highest BCUT2D eigenvalue weighted by Gasteiger charge is 2.31. The molecule has 0 saturated heterocycles. The largest absolute Gasteiger partial charge is 0.440 e. The summed E-state index contributed by atoms with van der Waals surface area (Å²) >= 11 is 0. The molecule has 0 bridgehead atoms. The second-order valence-electron chi connectivity index (χ2n) is 3.60. The second-order valence-corrected chi connectivity index (χ2v) is 3.60. The van der Waals surface area contributed by atoms with Gasteiger partial charge >= 0.3 is 12.3 Å². The van der Waals surface area contributed by atoms with Gasteiger partial charge in [-0.15, -0.1) is 0 Å². The molecular formula is C9H15F3N2O3. The molecule has 1 unspecified atom stereocenters. The molecule has 0 heterocycles. The van der Waals surface area contributed by atoms with E-state index in [2.05, 4.69) is 4.74 Å². The van der Waals surface area contributed by atoms with Crippen LogP contribution in [0.3, 0.4) is 0 Å². The van der Waals surface area contributed by atoms with Crippen LogP contribution >= 0.6 is 0 Å². The van der Waals surface area contributed by atoms with Crippen LogP contribution in [0.15, 0.2) is 0 Å². The average Bonchev–Trinajstić information content (AvgIpc) is 2.20. The molecule has 100 valence electrons. The van der Waals surface area contributed by atoms with E-state index in [0.717, 1.165) is 0 Å². The predicted octanol–water partition coefficient (Wildman–Crippen LogP) is 1.17. The highest BCUT2D eigenvalue weighted by molar-refractivity contribution is 5.84. The summed E-state index contributed by atoms with van der Waals surface area (Å²) in [6, 6.07) is -1.04. The minimum atomic E-state index is -4.60. The van der Waals surface area contributed by atoms with Crippen LogP contribution in [0.5, 0.6) is 0 Å². The lowest BCUT2D eigenvalue weighted by molar-refractivity contribution is -0.160. The fourth-order valence-electron chi connectivity index (χ4n) is 1.05. The van der Waals surface area contributed by atoms with E-state index in [0.29, 0.717) is 6.42 Å². The van der Waals surface area contributed by atoms with Gasteiger partial charge in [-0.3, -0.25) is 4.79 Å². The minimum absolute atomic E-state index is 0.286. The summed E-state index contributed by atoms with van der Waals surface area (Å²) in [6.07, 6.45) is -5.38. The smallest absolute Gasteiger partial charge is 0.422 e. The number of halogens is 3. The van der Waals surface area contributed by atoms with Gasteiger partial charge in [0.25, 0.3) is 0 Å². The van der Waals surface area contributed by atoms with Gasteiger partial charge in [-0.1, -0.05) is 20.3 Å². The van der Waals surface area contributed by atoms with Crippen molar-refractivity contribution < 1.29 is 27.5 Å². The van der Waals surface area contributed by atoms with E-state index < -0.39 is 30.8 Å². The maximum atomic E-state index is 11.7. The van der Waals surface area contributed by atoms with Crippen LogP contribution in [0.4, 0.5) is 18.0 Å². The Morgan fingerprint density at radius 3 is 2.29 bits per heavy atom. The van der Waals surface area contributed by atoms with Crippen molar-refractivity contribution >= 4 is 12.0 Å². The lowest BCUT2D eigenvalue weighted by atomic mass is 9.99. The first-order valence-electron chi connectivity index (χ1n) is 4.96. The lowest BCUT2D eigenvalue weighted by Gasteiger charge is -2.20. The number of carbonyl (C=O) groups is 2. The third-order valence-corrected chi connectivity index (χ3v) is 2.16. The monoisotopic (exact) mass is 256 g/mol. The third kappa shape index (κ3) is 6.64. The van der Waals surface area contributed by atoms with Crippen LogP contribution in [0.1, 0.15) is 20.3 Å². The SMILES string of the molecule is CC[C@H](C)C(NC(=O)OCC(F)(F)F)C(N)=O. The quantitative estimate of drug-likeness (QED) is 0.774. The summed E-state index contributed by atoms with van der Waals surface area (Å²) in [5, 5.41) is 2.00. The summed E-state index contributed by atoms with van der Waals surface area (Å²) in [7, 11) is 0. The van der Waals surface area contributed by atoms with Crippen molar-refractivity contribution in [1.82, 2.24) is 5.32 Å². The summed E-state index contributed by atoms with van der Waals surface area (Å²) in [5.41, 5.74) is 5.01. The maximum Gasteiger partial charge on any atom is 0.422 e. The molecule has 0 spiro atoms. The molecule has 0 aliphatic carbocycles. The number of alkyl carbamates (subject to hydrolysis) is 1. The molecule has 0 radical (unpaired) electrons. The van der Waals surface area contributed by atoms with Crippen molar-refractivity contribution in [2.75, 3.05) is 6.61 Å². The molecular weight excluding hydrogens is 241 g/mol. The van der Waals surface area contributed by atoms with Crippen LogP contribution in [-0.2, 0) is 9.53 Å². The van der Waals surface area contributed by atoms with Gasteiger partial charge in [-0.25, -0.2) is 4.79 Å². The van der Waals surface area contributed by atoms with E-state index in [9.17, 15) is 22.8 Å². The van der Waals surface area contributed by atoms with E-state index in [4.69, 9.17) is 5.73 Å². The van der Waals surface area contributed by atoms with Gasteiger partial charge in [0.2, 0.25) is 5.91 Å². The van der Waals surface area contributed by atoms with E-state index in [1.165, 1.54) is 0 Å². The number of amides is 2. The van der Waals surface area contributed by atoms with E-state index >= 15 is 0 Å². The fraction of sp³-hybridized carbons (Fsp3) is 0.778. The second kappa shape index (κ2) is 6.31. The van der Waals surface area contributed by atoms with Gasteiger partial charge in [-0.05, 0) is 5.92 Å². The van der Waals surface area contributed by atoms with E-state index in [-0.39, 0.29) is 5.92 Å².